The number of nitriles is 1. The van der Waals surface area contributed by atoms with Gasteiger partial charge in [0, 0.05) is 60.8 Å². The van der Waals surface area contributed by atoms with E-state index >= 15 is 0 Å². The molecule has 2 aliphatic heterocycles. The smallest absolute Gasteiger partial charge is 0.374 e. The van der Waals surface area contributed by atoms with Gasteiger partial charge in [-0.25, -0.2) is 4.98 Å². The predicted molar refractivity (Wildman–Crippen MR) is 143 cm³/mol. The third-order valence-corrected chi connectivity index (χ3v) is 9.12. The number of aromatic nitrogens is 2. The number of rotatable bonds is 6. The summed E-state index contributed by atoms with van der Waals surface area (Å²) in [5.74, 6) is 0.626. The maximum absolute atomic E-state index is 14.6. The highest BCUT2D eigenvalue weighted by Gasteiger charge is 2.39. The Morgan fingerprint density at radius 3 is 2.68 bits per heavy atom. The zero-order valence-corrected chi connectivity index (χ0v) is 22.0. The van der Waals surface area contributed by atoms with Crippen LogP contribution in [0.5, 0.6) is 0 Å². The number of aryl methyl sites for hydroxylation is 1. The molecule has 9 heteroatoms. The molecule has 0 aliphatic carbocycles. The number of thioether (sulfide) groups is 1. The molecule has 0 radical (unpaired) electrons. The first-order chi connectivity index (χ1) is 18.2. The van der Waals surface area contributed by atoms with Crippen molar-refractivity contribution >= 4 is 28.6 Å². The maximum atomic E-state index is 14.6. The minimum Gasteiger partial charge on any atom is -0.374 e. The van der Waals surface area contributed by atoms with E-state index in [1.54, 1.807) is 29.9 Å². The fraction of sp³-hybridized carbons (Fsp3) is 0.414. The summed E-state index contributed by atoms with van der Waals surface area (Å²) >= 11 is 1.94. The van der Waals surface area contributed by atoms with Gasteiger partial charge in [-0.3, -0.25) is 4.79 Å². The largest absolute Gasteiger partial charge is 0.417 e. The van der Waals surface area contributed by atoms with Gasteiger partial charge in [-0.2, -0.15) is 30.2 Å². The van der Waals surface area contributed by atoms with Crippen molar-refractivity contribution in [2.75, 3.05) is 18.8 Å². The molecular formula is C29H29F3N4OS. The van der Waals surface area contributed by atoms with Crippen molar-refractivity contribution in [2.24, 2.45) is 7.05 Å². The number of piperidine rings is 1. The molecule has 0 saturated carbocycles. The van der Waals surface area contributed by atoms with E-state index in [4.69, 9.17) is 5.26 Å². The van der Waals surface area contributed by atoms with E-state index in [1.807, 2.05) is 17.8 Å². The summed E-state index contributed by atoms with van der Waals surface area (Å²) in [7, 11) is 1.71. The lowest BCUT2D eigenvalue weighted by molar-refractivity contribution is -0.136. The Balaban J connectivity index is 1.47. The van der Waals surface area contributed by atoms with Crippen molar-refractivity contribution in [2.45, 2.75) is 49.4 Å². The van der Waals surface area contributed by atoms with Crippen LogP contribution in [-0.4, -0.2) is 44.3 Å². The van der Waals surface area contributed by atoms with Gasteiger partial charge in [-0.15, -0.1) is 0 Å². The van der Waals surface area contributed by atoms with Crippen LogP contribution in [0.2, 0.25) is 0 Å². The second kappa shape index (κ2) is 10.5. The summed E-state index contributed by atoms with van der Waals surface area (Å²) in [6.07, 6.45) is 1.64. The number of ketones is 1. The van der Waals surface area contributed by atoms with Crippen molar-refractivity contribution in [3.63, 3.8) is 0 Å². The molecule has 2 aromatic heterocycles. The van der Waals surface area contributed by atoms with E-state index < -0.39 is 23.9 Å². The minimum atomic E-state index is -4.66. The average molecular weight is 539 g/mol. The van der Waals surface area contributed by atoms with E-state index in [0.29, 0.717) is 10.8 Å². The lowest BCUT2D eigenvalue weighted by Gasteiger charge is -2.36. The normalized spacial score (nSPS) is 18.6. The molecule has 5 nitrogen and oxygen atoms in total. The number of benzene rings is 1. The van der Waals surface area contributed by atoms with Gasteiger partial charge in [0.1, 0.15) is 5.65 Å². The molecule has 0 bridgehead atoms. The van der Waals surface area contributed by atoms with E-state index in [-0.39, 0.29) is 33.6 Å². The van der Waals surface area contributed by atoms with Gasteiger partial charge in [-0.05, 0) is 60.6 Å². The van der Waals surface area contributed by atoms with E-state index in [9.17, 15) is 18.0 Å². The number of fused-ring (bicyclic) bond motifs is 1. The molecule has 1 aromatic carbocycles. The number of alkyl halides is 3. The number of carbonyl (C=O) groups excluding carboxylic acids is 1. The summed E-state index contributed by atoms with van der Waals surface area (Å²) in [4.78, 5) is 19.6. The van der Waals surface area contributed by atoms with Gasteiger partial charge < -0.3 is 9.47 Å². The monoisotopic (exact) mass is 538 g/mol. The molecule has 1 atom stereocenters. The molecule has 2 fully saturated rings. The Morgan fingerprint density at radius 1 is 1.26 bits per heavy atom. The van der Waals surface area contributed by atoms with Gasteiger partial charge in [0.15, 0.2) is 5.78 Å². The first-order valence-corrected chi connectivity index (χ1v) is 13.8. The first-order valence-electron chi connectivity index (χ1n) is 12.8. The average Bonchev–Trinajstić information content (AvgIpc) is 3.56. The lowest BCUT2D eigenvalue weighted by atomic mass is 9.87. The number of nitrogens with zero attached hydrogens (tertiary/aromatic N) is 4. The van der Waals surface area contributed by atoms with Crippen LogP contribution in [0.15, 0.2) is 48.9 Å². The standard InChI is InChI=1S/C29H29F3N4OS/c1-18(25-7-4-12-38-25)36-10-8-20(9-11-36)23-17-35(2)28-26(23)27(29(30,31)32)22(16-34-28)14-24(37)21-6-3-5-19(13-21)15-33/h3,5-6,13,16-17,20,25H,1,4,7-12,14H2,2H3/t25-/m0/s1. The Labute approximate surface area is 224 Å². The summed E-state index contributed by atoms with van der Waals surface area (Å²) in [5, 5.41) is 9.67. The number of hydrogen-bond acceptors (Lipinski definition) is 5. The van der Waals surface area contributed by atoms with Crippen molar-refractivity contribution in [3.05, 3.63) is 76.8 Å². The second-order valence-corrected chi connectivity index (χ2v) is 11.4. The molecule has 4 heterocycles. The third kappa shape index (κ3) is 5.06. The van der Waals surface area contributed by atoms with Gasteiger partial charge in [0.2, 0.25) is 0 Å². The van der Waals surface area contributed by atoms with Crippen LogP contribution in [0, 0.1) is 11.3 Å². The molecule has 0 amide bonds. The quantitative estimate of drug-likeness (QED) is 0.336. The molecule has 5 rings (SSSR count). The van der Waals surface area contributed by atoms with Gasteiger partial charge in [-0.1, -0.05) is 18.7 Å². The fourth-order valence-electron chi connectivity index (χ4n) is 5.74. The number of halogens is 3. The fourth-order valence-corrected chi connectivity index (χ4v) is 7.03. The van der Waals surface area contributed by atoms with Gasteiger partial charge in [0.05, 0.1) is 17.2 Å². The molecular weight excluding hydrogens is 509 g/mol. The van der Waals surface area contributed by atoms with Crippen LogP contribution in [0.25, 0.3) is 11.0 Å². The number of hydrogen-bond donors (Lipinski definition) is 0. The van der Waals surface area contributed by atoms with Crippen LogP contribution in [0.1, 0.15) is 64.2 Å². The van der Waals surface area contributed by atoms with Crippen molar-refractivity contribution in [3.8, 4) is 6.07 Å². The van der Waals surface area contributed by atoms with E-state index in [2.05, 4.69) is 16.5 Å². The second-order valence-electron chi connectivity index (χ2n) is 10.1. The van der Waals surface area contributed by atoms with Crippen molar-refractivity contribution in [1.29, 1.82) is 5.26 Å². The molecule has 0 spiro atoms. The first kappa shape index (κ1) is 26.4. The molecule has 2 saturated heterocycles. The molecule has 0 N–H and O–H groups in total. The number of pyridine rings is 1. The molecule has 0 unspecified atom stereocenters. The third-order valence-electron chi connectivity index (χ3n) is 7.68. The highest BCUT2D eigenvalue weighted by Crippen LogP contribution is 2.43. The highest BCUT2D eigenvalue weighted by molar-refractivity contribution is 8.00. The van der Waals surface area contributed by atoms with Crippen molar-refractivity contribution < 1.29 is 18.0 Å². The Kier molecular flexibility index (Phi) is 7.28. The topological polar surface area (TPSA) is 61.9 Å². The maximum Gasteiger partial charge on any atom is 0.417 e. The van der Waals surface area contributed by atoms with Crippen LogP contribution in [0.3, 0.4) is 0 Å². The van der Waals surface area contributed by atoms with Crippen LogP contribution >= 0.6 is 11.8 Å². The van der Waals surface area contributed by atoms with Gasteiger partial charge in [0.25, 0.3) is 0 Å². The molecule has 3 aromatic rings. The van der Waals surface area contributed by atoms with E-state index in [1.165, 1.54) is 24.8 Å². The minimum absolute atomic E-state index is 0.0415. The van der Waals surface area contributed by atoms with E-state index in [0.717, 1.165) is 43.8 Å². The zero-order chi connectivity index (χ0) is 27.0. The number of Topliss-reactive ketones (excluding diaryl/α,β-unsaturated/α-hetero) is 1. The number of carbonyl (C=O) groups is 1. The lowest BCUT2D eigenvalue weighted by Crippen LogP contribution is -2.34. The molecule has 38 heavy (non-hydrogen) atoms. The summed E-state index contributed by atoms with van der Waals surface area (Å²) < 4.78 is 45.6. The molecule has 198 valence electrons. The van der Waals surface area contributed by atoms with Crippen LogP contribution < -0.4 is 0 Å². The number of likely N-dealkylation sites (tertiary alicyclic amines) is 1. The Morgan fingerprint density at radius 2 is 2.03 bits per heavy atom. The van der Waals surface area contributed by atoms with Crippen LogP contribution in [-0.2, 0) is 19.6 Å². The predicted octanol–water partition coefficient (Wildman–Crippen LogP) is 6.48. The summed E-state index contributed by atoms with van der Waals surface area (Å²) in [5.41, 5.74) is 1.62. The van der Waals surface area contributed by atoms with Crippen molar-refractivity contribution in [1.82, 2.24) is 14.5 Å². The Bertz CT molecular complexity index is 1420. The SMILES string of the molecule is C=C([C@@H]1CCCS1)N1CCC(c2cn(C)c3ncc(CC(=O)c4cccc(C#N)c4)c(C(F)(F)F)c23)CC1. The zero-order valence-electron chi connectivity index (χ0n) is 21.2. The summed E-state index contributed by atoms with van der Waals surface area (Å²) in [6.45, 7) is 5.85. The highest BCUT2D eigenvalue weighted by atomic mass is 32.2. The Hall–Kier alpha value is -3.25. The van der Waals surface area contributed by atoms with Gasteiger partial charge >= 0.3 is 6.18 Å². The molecule has 2 aliphatic rings. The van der Waals surface area contributed by atoms with Crippen LogP contribution in [0.4, 0.5) is 13.2 Å². The summed E-state index contributed by atoms with van der Waals surface area (Å²) in [6, 6.07) is 7.99.